The first kappa shape index (κ1) is 16.3. The zero-order valence-corrected chi connectivity index (χ0v) is 15.0. The second kappa shape index (κ2) is 6.26. The molecule has 1 aromatic carbocycles. The number of hydrogen-bond donors (Lipinski definition) is 0. The Hall–Kier alpha value is -2.21. The second-order valence-corrected chi connectivity index (χ2v) is 7.75. The highest BCUT2D eigenvalue weighted by molar-refractivity contribution is 7.18. The molecule has 0 aliphatic heterocycles. The molecule has 0 amide bonds. The van der Waals surface area contributed by atoms with Gasteiger partial charge in [-0.25, -0.2) is 9.37 Å². The fourth-order valence-electron chi connectivity index (χ4n) is 3.53. The van der Waals surface area contributed by atoms with Crippen molar-refractivity contribution in [3.63, 3.8) is 0 Å². The minimum absolute atomic E-state index is 0.0524. The monoisotopic (exact) mass is 358 g/mol. The van der Waals surface area contributed by atoms with E-state index in [-0.39, 0.29) is 17.9 Å². The third kappa shape index (κ3) is 2.84. The fourth-order valence-corrected chi connectivity index (χ4v) is 4.87. The normalized spacial score (nSPS) is 16.8. The predicted molar refractivity (Wildman–Crippen MR) is 97.1 cm³/mol. The van der Waals surface area contributed by atoms with Crippen molar-refractivity contribution < 1.29 is 9.13 Å². The first-order chi connectivity index (χ1) is 12.1. The van der Waals surface area contributed by atoms with Gasteiger partial charge in [0.2, 0.25) is 0 Å². The molecule has 1 aliphatic rings. The lowest BCUT2D eigenvalue weighted by atomic mass is 9.89. The van der Waals surface area contributed by atoms with Crippen LogP contribution in [0.25, 0.3) is 10.2 Å². The van der Waals surface area contributed by atoms with Crippen molar-refractivity contribution in [1.82, 2.24) is 9.55 Å². The van der Waals surface area contributed by atoms with E-state index in [2.05, 4.69) is 11.9 Å². The molecule has 6 heteroatoms. The molecule has 0 fully saturated rings. The summed E-state index contributed by atoms with van der Waals surface area (Å²) in [6, 6.07) is 4.33. The van der Waals surface area contributed by atoms with Gasteiger partial charge in [-0.1, -0.05) is 6.92 Å². The second-order valence-electron chi connectivity index (χ2n) is 6.67. The van der Waals surface area contributed by atoms with Gasteiger partial charge in [0.15, 0.2) is 0 Å². The molecular formula is C19H19FN2O2S. The Balaban J connectivity index is 1.80. The average Bonchev–Trinajstić information content (AvgIpc) is 2.95. The number of aryl methyl sites for hydroxylation is 1. The van der Waals surface area contributed by atoms with Crippen molar-refractivity contribution in [1.29, 1.82) is 0 Å². The summed E-state index contributed by atoms with van der Waals surface area (Å²) in [5.74, 6) is 0.869. The summed E-state index contributed by atoms with van der Waals surface area (Å²) in [4.78, 5) is 19.6. The van der Waals surface area contributed by atoms with Crippen LogP contribution < -0.4 is 10.3 Å². The minimum atomic E-state index is -0.347. The largest absolute Gasteiger partial charge is 0.496 e. The van der Waals surface area contributed by atoms with E-state index in [0.29, 0.717) is 17.2 Å². The van der Waals surface area contributed by atoms with Crippen molar-refractivity contribution in [2.45, 2.75) is 32.7 Å². The highest BCUT2D eigenvalue weighted by atomic mass is 32.1. The van der Waals surface area contributed by atoms with Crippen molar-refractivity contribution >= 4 is 21.6 Å². The first-order valence-electron chi connectivity index (χ1n) is 8.39. The maximum absolute atomic E-state index is 13.6. The van der Waals surface area contributed by atoms with Gasteiger partial charge in [0.05, 0.1) is 25.4 Å². The van der Waals surface area contributed by atoms with E-state index < -0.39 is 0 Å². The Morgan fingerprint density at radius 1 is 1.44 bits per heavy atom. The third-order valence-electron chi connectivity index (χ3n) is 4.87. The molecule has 0 spiro atoms. The number of nitrogens with zero attached hydrogens (tertiary/aromatic N) is 2. The zero-order chi connectivity index (χ0) is 17.6. The zero-order valence-electron chi connectivity index (χ0n) is 14.2. The summed E-state index contributed by atoms with van der Waals surface area (Å²) in [7, 11) is 1.54. The molecule has 0 N–H and O–H groups in total. The molecule has 3 aromatic rings. The van der Waals surface area contributed by atoms with Gasteiger partial charge < -0.3 is 4.74 Å². The number of rotatable bonds is 3. The summed E-state index contributed by atoms with van der Waals surface area (Å²) in [5.41, 5.74) is 1.74. The number of hydrogen-bond acceptors (Lipinski definition) is 4. The van der Waals surface area contributed by atoms with E-state index in [1.165, 1.54) is 24.1 Å². The average molecular weight is 358 g/mol. The standard InChI is InChI=1S/C19H19FN2O2S/c1-11-3-5-14-16(7-11)25-18-17(14)19(23)22(10-21-18)9-12-8-13(20)4-6-15(12)24-2/h4,6,8,10-11H,3,5,7,9H2,1-2H3/t11-/m1/s1. The summed E-state index contributed by atoms with van der Waals surface area (Å²) >= 11 is 1.63. The lowest BCUT2D eigenvalue weighted by Gasteiger charge is -2.17. The molecule has 0 saturated carbocycles. The minimum Gasteiger partial charge on any atom is -0.496 e. The Kier molecular flexibility index (Phi) is 4.07. The Morgan fingerprint density at radius 3 is 3.08 bits per heavy atom. The lowest BCUT2D eigenvalue weighted by Crippen LogP contribution is -2.22. The molecule has 0 radical (unpaired) electrons. The first-order valence-corrected chi connectivity index (χ1v) is 9.20. The Labute approximate surface area is 148 Å². The molecule has 2 aromatic heterocycles. The maximum Gasteiger partial charge on any atom is 0.262 e. The van der Waals surface area contributed by atoms with Crippen molar-refractivity contribution in [3.05, 3.63) is 56.7 Å². The predicted octanol–water partition coefficient (Wildman–Crippen LogP) is 3.78. The van der Waals surface area contributed by atoms with E-state index in [9.17, 15) is 9.18 Å². The van der Waals surface area contributed by atoms with Crippen LogP contribution in [0.1, 0.15) is 29.3 Å². The van der Waals surface area contributed by atoms with Crippen LogP contribution >= 0.6 is 11.3 Å². The molecule has 130 valence electrons. The van der Waals surface area contributed by atoms with Crippen LogP contribution in [0, 0.1) is 11.7 Å². The van der Waals surface area contributed by atoms with Gasteiger partial charge in [0.1, 0.15) is 16.4 Å². The van der Waals surface area contributed by atoms with Crippen LogP contribution in [0.3, 0.4) is 0 Å². The van der Waals surface area contributed by atoms with Gasteiger partial charge in [-0.2, -0.15) is 0 Å². The van der Waals surface area contributed by atoms with E-state index in [4.69, 9.17) is 4.74 Å². The summed E-state index contributed by atoms with van der Waals surface area (Å²) in [6.45, 7) is 2.49. The highest BCUT2D eigenvalue weighted by Crippen LogP contribution is 2.35. The molecule has 0 saturated heterocycles. The number of halogens is 1. The molecule has 1 atom stereocenters. The van der Waals surface area contributed by atoms with E-state index in [1.807, 2.05) is 0 Å². The van der Waals surface area contributed by atoms with Gasteiger partial charge in [-0.3, -0.25) is 9.36 Å². The number of benzene rings is 1. The van der Waals surface area contributed by atoms with Crippen LogP contribution in [0.5, 0.6) is 5.75 Å². The number of fused-ring (bicyclic) bond motifs is 3. The number of thiophene rings is 1. The van der Waals surface area contributed by atoms with Crippen LogP contribution in [0.4, 0.5) is 4.39 Å². The van der Waals surface area contributed by atoms with Gasteiger partial charge in [-0.05, 0) is 48.9 Å². The van der Waals surface area contributed by atoms with Crippen molar-refractivity contribution in [2.24, 2.45) is 5.92 Å². The molecule has 1 aliphatic carbocycles. The van der Waals surface area contributed by atoms with E-state index in [1.54, 1.807) is 28.3 Å². The van der Waals surface area contributed by atoms with Crippen LogP contribution in [0.2, 0.25) is 0 Å². The van der Waals surface area contributed by atoms with Crippen molar-refractivity contribution in [2.75, 3.05) is 7.11 Å². The van der Waals surface area contributed by atoms with E-state index >= 15 is 0 Å². The van der Waals surface area contributed by atoms with Crippen LogP contribution in [-0.4, -0.2) is 16.7 Å². The molecular weight excluding hydrogens is 339 g/mol. The number of ether oxygens (including phenoxy) is 1. The topological polar surface area (TPSA) is 44.1 Å². The van der Waals surface area contributed by atoms with Gasteiger partial charge in [-0.15, -0.1) is 11.3 Å². The molecule has 2 heterocycles. The summed E-state index contributed by atoms with van der Waals surface area (Å²) in [6.07, 6.45) is 4.61. The smallest absolute Gasteiger partial charge is 0.262 e. The number of methoxy groups -OCH3 is 1. The lowest BCUT2D eigenvalue weighted by molar-refractivity contribution is 0.406. The molecule has 4 nitrogen and oxygen atoms in total. The third-order valence-corrected chi connectivity index (χ3v) is 6.03. The van der Waals surface area contributed by atoms with Gasteiger partial charge >= 0.3 is 0 Å². The maximum atomic E-state index is 13.6. The molecule has 4 rings (SSSR count). The highest BCUT2D eigenvalue weighted by Gasteiger charge is 2.23. The fraction of sp³-hybridized carbons (Fsp3) is 0.368. The molecule has 25 heavy (non-hydrogen) atoms. The van der Waals surface area contributed by atoms with Crippen molar-refractivity contribution in [3.8, 4) is 5.75 Å². The number of aromatic nitrogens is 2. The van der Waals surface area contributed by atoms with Crippen LogP contribution in [0.15, 0.2) is 29.3 Å². The van der Waals surface area contributed by atoms with Gasteiger partial charge in [0.25, 0.3) is 5.56 Å². The summed E-state index contributed by atoms with van der Waals surface area (Å²) < 4.78 is 20.4. The summed E-state index contributed by atoms with van der Waals surface area (Å²) in [5, 5.41) is 0.741. The van der Waals surface area contributed by atoms with Gasteiger partial charge in [0, 0.05) is 10.4 Å². The van der Waals surface area contributed by atoms with E-state index in [0.717, 1.165) is 35.0 Å². The SMILES string of the molecule is COc1ccc(F)cc1Cn1cnc2sc3c(c2c1=O)CC[C@@H](C)C3. The van der Waals surface area contributed by atoms with Crippen LogP contribution in [-0.2, 0) is 19.4 Å². The molecule has 0 bridgehead atoms. The molecule has 0 unspecified atom stereocenters. The Bertz CT molecular complexity index is 1010. The quantitative estimate of drug-likeness (QED) is 0.716. The Morgan fingerprint density at radius 2 is 2.28 bits per heavy atom.